The molecule has 1 aliphatic heterocycles. The lowest BCUT2D eigenvalue weighted by Crippen LogP contribution is -2.31. The van der Waals surface area contributed by atoms with E-state index in [0.29, 0.717) is 36.8 Å². The van der Waals surface area contributed by atoms with Gasteiger partial charge in [-0.15, -0.1) is 0 Å². The van der Waals surface area contributed by atoms with E-state index in [1.54, 1.807) is 13.0 Å². The van der Waals surface area contributed by atoms with Crippen LogP contribution >= 0.6 is 0 Å². The van der Waals surface area contributed by atoms with E-state index in [1.165, 1.54) is 13.2 Å². The Balaban J connectivity index is 2.35. The third kappa shape index (κ3) is 4.36. The first-order chi connectivity index (χ1) is 10.9. The lowest BCUT2D eigenvalue weighted by molar-refractivity contribution is -0.0238. The van der Waals surface area contributed by atoms with Gasteiger partial charge >= 0.3 is 5.97 Å². The van der Waals surface area contributed by atoms with Crippen LogP contribution in [0.3, 0.4) is 0 Å². The van der Waals surface area contributed by atoms with Gasteiger partial charge in [-0.25, -0.2) is 4.79 Å². The highest BCUT2D eigenvalue weighted by atomic mass is 16.5. The monoisotopic (exact) mass is 324 g/mol. The summed E-state index contributed by atoms with van der Waals surface area (Å²) in [5.74, 6) is -0.245. The number of phenolic OH excluding ortho intramolecular Hbond substituents is 1. The summed E-state index contributed by atoms with van der Waals surface area (Å²) in [5.41, 5.74) is 0.974. The lowest BCUT2D eigenvalue weighted by atomic mass is 9.96. The van der Waals surface area contributed by atoms with E-state index in [4.69, 9.17) is 9.47 Å². The van der Waals surface area contributed by atoms with Gasteiger partial charge in [-0.05, 0) is 37.8 Å². The number of benzene rings is 1. The van der Waals surface area contributed by atoms with Crippen molar-refractivity contribution in [1.82, 2.24) is 0 Å². The zero-order valence-corrected chi connectivity index (χ0v) is 13.5. The fourth-order valence-electron chi connectivity index (χ4n) is 2.90. The van der Waals surface area contributed by atoms with Crippen LogP contribution in [0.15, 0.2) is 12.1 Å². The molecule has 0 radical (unpaired) electrons. The number of aromatic hydroxyl groups is 1. The lowest BCUT2D eigenvalue weighted by Gasteiger charge is -2.23. The average molecular weight is 324 g/mol. The van der Waals surface area contributed by atoms with Crippen LogP contribution < -0.4 is 4.74 Å². The summed E-state index contributed by atoms with van der Waals surface area (Å²) in [5, 5.41) is 29.7. The Labute approximate surface area is 135 Å². The molecule has 1 aromatic carbocycles. The summed E-state index contributed by atoms with van der Waals surface area (Å²) in [6, 6.07) is 2.93. The van der Waals surface area contributed by atoms with E-state index in [1.807, 2.05) is 0 Å². The molecule has 128 valence electrons. The summed E-state index contributed by atoms with van der Waals surface area (Å²) in [6.07, 6.45) is 0.332. The minimum absolute atomic E-state index is 0.0315. The molecule has 0 fully saturated rings. The fraction of sp³-hybridized carbons (Fsp3) is 0.588. The summed E-state index contributed by atoms with van der Waals surface area (Å²) < 4.78 is 10.6. The van der Waals surface area contributed by atoms with Gasteiger partial charge in [-0.3, -0.25) is 0 Å². The van der Waals surface area contributed by atoms with Crippen molar-refractivity contribution in [2.24, 2.45) is 0 Å². The molecule has 6 nitrogen and oxygen atoms in total. The quantitative estimate of drug-likeness (QED) is 0.682. The Morgan fingerprint density at radius 1 is 1.22 bits per heavy atom. The van der Waals surface area contributed by atoms with Gasteiger partial charge in [0.25, 0.3) is 0 Å². The molecule has 0 aliphatic carbocycles. The molecule has 0 aromatic heterocycles. The zero-order valence-electron chi connectivity index (χ0n) is 13.5. The predicted molar refractivity (Wildman–Crippen MR) is 83.7 cm³/mol. The molecule has 1 aliphatic rings. The molecular formula is C17H24O6. The smallest absolute Gasteiger partial charge is 0.342 e. The molecule has 0 saturated carbocycles. The average Bonchev–Trinajstić information content (AvgIpc) is 2.49. The van der Waals surface area contributed by atoms with Gasteiger partial charge in [0.2, 0.25) is 0 Å². The molecule has 3 N–H and O–H groups in total. The molecule has 23 heavy (non-hydrogen) atoms. The van der Waals surface area contributed by atoms with Crippen LogP contribution in [0.4, 0.5) is 0 Å². The second-order valence-corrected chi connectivity index (χ2v) is 6.01. The van der Waals surface area contributed by atoms with Gasteiger partial charge in [0.05, 0.1) is 19.3 Å². The van der Waals surface area contributed by atoms with Crippen molar-refractivity contribution in [2.45, 2.75) is 57.3 Å². The summed E-state index contributed by atoms with van der Waals surface area (Å²) in [7, 11) is 1.43. The number of hydrogen-bond donors (Lipinski definition) is 3. The number of methoxy groups -OCH3 is 1. The third-order valence-corrected chi connectivity index (χ3v) is 4.11. The number of hydrogen-bond acceptors (Lipinski definition) is 6. The number of aliphatic hydroxyl groups is 2. The van der Waals surface area contributed by atoms with Crippen LogP contribution in [0.2, 0.25) is 0 Å². The van der Waals surface area contributed by atoms with Crippen molar-refractivity contribution < 1.29 is 29.6 Å². The van der Waals surface area contributed by atoms with Gasteiger partial charge < -0.3 is 24.8 Å². The highest BCUT2D eigenvalue weighted by Gasteiger charge is 2.26. The second kappa shape index (κ2) is 7.66. The largest absolute Gasteiger partial charge is 0.508 e. The molecule has 1 heterocycles. The van der Waals surface area contributed by atoms with Gasteiger partial charge in [0.15, 0.2) is 0 Å². The maximum atomic E-state index is 12.5. The minimum Gasteiger partial charge on any atom is -0.508 e. The van der Waals surface area contributed by atoms with Gasteiger partial charge in [0.1, 0.15) is 23.2 Å². The predicted octanol–water partition coefficient (Wildman–Crippen LogP) is 1.78. The van der Waals surface area contributed by atoms with Crippen molar-refractivity contribution >= 4 is 5.97 Å². The Morgan fingerprint density at radius 2 is 1.96 bits per heavy atom. The van der Waals surface area contributed by atoms with Crippen molar-refractivity contribution in [1.29, 1.82) is 0 Å². The van der Waals surface area contributed by atoms with Crippen LogP contribution in [-0.2, 0) is 11.2 Å². The molecule has 6 heteroatoms. The SMILES string of the molecule is COc1cc(O)cc2c1C(=O)O[C@@H](C)C[C@@H](O)[C@H](O)CCCC2. The Morgan fingerprint density at radius 3 is 2.65 bits per heavy atom. The highest BCUT2D eigenvalue weighted by molar-refractivity contribution is 5.94. The van der Waals surface area contributed by atoms with Crippen molar-refractivity contribution in [3.05, 3.63) is 23.3 Å². The summed E-state index contributed by atoms with van der Waals surface area (Å²) in [4.78, 5) is 12.5. The van der Waals surface area contributed by atoms with Crippen LogP contribution in [0.25, 0.3) is 0 Å². The molecule has 0 saturated heterocycles. The van der Waals surface area contributed by atoms with Crippen molar-refractivity contribution in [3.63, 3.8) is 0 Å². The number of fused-ring (bicyclic) bond motifs is 1. The normalized spacial score (nSPS) is 26.4. The number of ether oxygens (including phenoxy) is 2. The highest BCUT2D eigenvalue weighted by Crippen LogP contribution is 2.31. The number of rotatable bonds is 1. The molecule has 3 atom stereocenters. The minimum atomic E-state index is -0.918. The second-order valence-electron chi connectivity index (χ2n) is 6.01. The number of phenols is 1. The first-order valence-corrected chi connectivity index (χ1v) is 7.89. The van der Waals surface area contributed by atoms with Crippen LogP contribution in [-0.4, -0.2) is 46.7 Å². The first-order valence-electron chi connectivity index (χ1n) is 7.89. The van der Waals surface area contributed by atoms with E-state index in [0.717, 1.165) is 0 Å². The fourth-order valence-corrected chi connectivity index (χ4v) is 2.90. The summed E-state index contributed by atoms with van der Waals surface area (Å²) in [6.45, 7) is 1.67. The number of cyclic esters (lactones) is 1. The van der Waals surface area contributed by atoms with Gasteiger partial charge in [-0.2, -0.15) is 0 Å². The summed E-state index contributed by atoms with van der Waals surface area (Å²) >= 11 is 0. The molecule has 0 amide bonds. The molecule has 0 spiro atoms. The van der Waals surface area contributed by atoms with Crippen molar-refractivity contribution in [2.75, 3.05) is 7.11 Å². The number of esters is 1. The standard InChI is InChI=1S/C17H24O6/c1-10-7-14(20)13(19)6-4-3-5-11-8-12(18)9-15(22-2)16(11)17(21)23-10/h8-10,13-14,18-20H,3-7H2,1-2H3/t10-,13+,14+/m0/s1. The molecule has 0 bridgehead atoms. The van der Waals surface area contributed by atoms with Crippen molar-refractivity contribution in [3.8, 4) is 11.5 Å². The third-order valence-electron chi connectivity index (χ3n) is 4.11. The van der Waals surface area contributed by atoms with E-state index < -0.39 is 24.3 Å². The molecular weight excluding hydrogens is 300 g/mol. The maximum absolute atomic E-state index is 12.5. The van der Waals surface area contributed by atoms with E-state index in [2.05, 4.69) is 0 Å². The number of aliphatic hydroxyl groups excluding tert-OH is 2. The number of carbonyl (C=O) groups is 1. The van der Waals surface area contributed by atoms with Crippen LogP contribution in [0.1, 0.15) is 48.5 Å². The van der Waals surface area contributed by atoms with Gasteiger partial charge in [0, 0.05) is 12.5 Å². The molecule has 0 unspecified atom stereocenters. The molecule has 2 rings (SSSR count). The van der Waals surface area contributed by atoms with Crippen LogP contribution in [0, 0.1) is 0 Å². The van der Waals surface area contributed by atoms with E-state index >= 15 is 0 Å². The Kier molecular flexibility index (Phi) is 5.85. The molecule has 1 aromatic rings. The number of carbonyl (C=O) groups excluding carboxylic acids is 1. The Hall–Kier alpha value is -1.79. The Bertz CT molecular complexity index is 556. The number of aryl methyl sites for hydroxylation is 1. The first kappa shape index (κ1) is 17.6. The zero-order chi connectivity index (χ0) is 17.0. The van der Waals surface area contributed by atoms with Crippen LogP contribution in [0.5, 0.6) is 11.5 Å². The van der Waals surface area contributed by atoms with E-state index in [-0.39, 0.29) is 17.9 Å². The maximum Gasteiger partial charge on any atom is 0.342 e. The van der Waals surface area contributed by atoms with Gasteiger partial charge in [-0.1, -0.05) is 6.42 Å². The van der Waals surface area contributed by atoms with E-state index in [9.17, 15) is 20.1 Å². The topological polar surface area (TPSA) is 96.2 Å².